The highest BCUT2D eigenvalue weighted by Gasteiger charge is 2.16. The largest absolute Gasteiger partial charge is 0.353 e. The number of carbonyl (C=O) groups excluding carboxylic acids is 1. The SMILES string of the molecule is CON(C)C(=O)c1ccccc1Nc1cc(Nc2cn(C)nc2C)ncc1Cl. The maximum Gasteiger partial charge on any atom is 0.279 e. The normalized spacial score (nSPS) is 10.6. The molecule has 0 saturated carbocycles. The number of nitrogens with one attached hydrogen (secondary N) is 2. The molecule has 28 heavy (non-hydrogen) atoms. The minimum Gasteiger partial charge on any atom is -0.353 e. The van der Waals surface area contributed by atoms with Crippen molar-refractivity contribution >= 4 is 40.4 Å². The van der Waals surface area contributed by atoms with Crippen LogP contribution in [0.2, 0.25) is 5.02 Å². The van der Waals surface area contributed by atoms with Crippen LogP contribution in [0.1, 0.15) is 16.1 Å². The van der Waals surface area contributed by atoms with Crippen LogP contribution in [-0.2, 0) is 11.9 Å². The van der Waals surface area contributed by atoms with Crippen LogP contribution in [-0.4, -0.2) is 39.9 Å². The van der Waals surface area contributed by atoms with Gasteiger partial charge in [-0.05, 0) is 19.1 Å². The number of benzene rings is 1. The van der Waals surface area contributed by atoms with Gasteiger partial charge in [-0.1, -0.05) is 23.7 Å². The van der Waals surface area contributed by atoms with Crippen LogP contribution in [0.5, 0.6) is 0 Å². The molecule has 0 unspecified atom stereocenters. The smallest absolute Gasteiger partial charge is 0.279 e. The van der Waals surface area contributed by atoms with Crippen LogP contribution in [0.4, 0.5) is 22.9 Å². The molecule has 146 valence electrons. The van der Waals surface area contributed by atoms with Crippen molar-refractivity contribution in [1.82, 2.24) is 19.8 Å². The van der Waals surface area contributed by atoms with E-state index in [2.05, 4.69) is 20.7 Å². The molecule has 0 radical (unpaired) electrons. The van der Waals surface area contributed by atoms with Gasteiger partial charge >= 0.3 is 0 Å². The average molecular weight is 401 g/mol. The second-order valence-corrected chi connectivity index (χ2v) is 6.54. The van der Waals surface area contributed by atoms with Crippen LogP contribution in [0.15, 0.2) is 42.7 Å². The fourth-order valence-corrected chi connectivity index (χ4v) is 2.79. The monoisotopic (exact) mass is 400 g/mol. The van der Waals surface area contributed by atoms with Gasteiger partial charge in [0.05, 0.1) is 46.6 Å². The summed E-state index contributed by atoms with van der Waals surface area (Å²) in [6, 6.07) is 8.91. The molecular formula is C19H21ClN6O2. The van der Waals surface area contributed by atoms with Gasteiger partial charge < -0.3 is 10.6 Å². The number of anilines is 4. The lowest BCUT2D eigenvalue weighted by Gasteiger charge is -2.17. The standard InChI is InChI=1S/C19H21ClN6O2/c1-12-17(11-25(2)24-12)23-18-9-16(14(20)10-21-18)22-15-8-6-5-7-13(15)19(27)26(3)28-4/h5-11H,1-4H3,(H2,21,22,23). The Morgan fingerprint density at radius 2 is 1.96 bits per heavy atom. The van der Waals surface area contributed by atoms with Gasteiger partial charge in [0, 0.05) is 26.4 Å². The molecule has 8 nitrogen and oxygen atoms in total. The number of hydrogen-bond donors (Lipinski definition) is 2. The first kappa shape index (κ1) is 19.7. The van der Waals surface area contributed by atoms with Gasteiger partial charge in [0.15, 0.2) is 0 Å². The quantitative estimate of drug-likeness (QED) is 0.610. The van der Waals surface area contributed by atoms with Gasteiger partial charge in [0.1, 0.15) is 5.82 Å². The zero-order valence-electron chi connectivity index (χ0n) is 16.0. The highest BCUT2D eigenvalue weighted by Crippen LogP contribution is 2.30. The number of amides is 1. The Labute approximate surface area is 168 Å². The molecular weight excluding hydrogens is 380 g/mol. The highest BCUT2D eigenvalue weighted by atomic mass is 35.5. The number of para-hydroxylation sites is 1. The summed E-state index contributed by atoms with van der Waals surface area (Å²) in [5.74, 6) is 0.320. The molecule has 0 spiro atoms. The van der Waals surface area contributed by atoms with E-state index >= 15 is 0 Å². The summed E-state index contributed by atoms with van der Waals surface area (Å²) in [6.45, 7) is 1.91. The maximum atomic E-state index is 12.5. The van der Waals surface area contributed by atoms with E-state index < -0.39 is 0 Å². The molecule has 2 heterocycles. The third-order valence-electron chi connectivity index (χ3n) is 4.12. The van der Waals surface area contributed by atoms with E-state index in [1.54, 1.807) is 42.2 Å². The van der Waals surface area contributed by atoms with Crippen molar-refractivity contribution in [1.29, 1.82) is 0 Å². The van der Waals surface area contributed by atoms with Crippen molar-refractivity contribution in [3.05, 3.63) is 59.0 Å². The first-order valence-electron chi connectivity index (χ1n) is 8.50. The Morgan fingerprint density at radius 1 is 1.21 bits per heavy atom. The summed E-state index contributed by atoms with van der Waals surface area (Å²) in [5, 5.41) is 12.3. The third-order valence-corrected chi connectivity index (χ3v) is 4.42. The Hall–Kier alpha value is -3.10. The molecule has 0 atom stereocenters. The van der Waals surface area contributed by atoms with Crippen LogP contribution in [0.25, 0.3) is 0 Å². The fourth-order valence-electron chi connectivity index (χ4n) is 2.64. The molecule has 9 heteroatoms. The van der Waals surface area contributed by atoms with E-state index in [9.17, 15) is 4.79 Å². The number of nitrogens with zero attached hydrogens (tertiary/aromatic N) is 4. The van der Waals surface area contributed by atoms with Crippen molar-refractivity contribution in [3.63, 3.8) is 0 Å². The van der Waals surface area contributed by atoms with Gasteiger partial charge in [0.25, 0.3) is 5.91 Å². The topological polar surface area (TPSA) is 84.3 Å². The summed E-state index contributed by atoms with van der Waals surface area (Å²) in [7, 11) is 4.84. The van der Waals surface area contributed by atoms with Gasteiger partial charge in [-0.2, -0.15) is 5.10 Å². The van der Waals surface area contributed by atoms with Gasteiger partial charge in [-0.25, -0.2) is 10.0 Å². The summed E-state index contributed by atoms with van der Waals surface area (Å²) in [5.41, 5.74) is 3.37. The Balaban J connectivity index is 1.89. The van der Waals surface area contributed by atoms with Crippen molar-refractivity contribution in [3.8, 4) is 0 Å². The van der Waals surface area contributed by atoms with Gasteiger partial charge in [0.2, 0.25) is 0 Å². The van der Waals surface area contributed by atoms with Crippen LogP contribution in [0, 0.1) is 6.92 Å². The number of hydroxylamine groups is 2. The first-order valence-corrected chi connectivity index (χ1v) is 8.88. The lowest BCUT2D eigenvalue weighted by molar-refractivity contribution is -0.0756. The molecule has 0 bridgehead atoms. The first-order chi connectivity index (χ1) is 13.4. The minimum atomic E-state index is -0.278. The van der Waals surface area contributed by atoms with E-state index in [0.29, 0.717) is 27.8 Å². The molecule has 1 aromatic carbocycles. The van der Waals surface area contributed by atoms with Crippen molar-refractivity contribution in [2.24, 2.45) is 7.05 Å². The number of aryl methyl sites for hydroxylation is 2. The molecule has 2 N–H and O–H groups in total. The zero-order chi connectivity index (χ0) is 20.3. The molecule has 0 aliphatic carbocycles. The van der Waals surface area contributed by atoms with Crippen molar-refractivity contribution < 1.29 is 9.63 Å². The molecule has 3 aromatic rings. The fraction of sp³-hybridized carbons (Fsp3) is 0.211. The minimum absolute atomic E-state index is 0.278. The maximum absolute atomic E-state index is 12.5. The lowest BCUT2D eigenvalue weighted by Crippen LogP contribution is -2.26. The number of halogens is 1. The van der Waals surface area contributed by atoms with Crippen LogP contribution < -0.4 is 10.6 Å². The van der Waals surface area contributed by atoms with E-state index in [4.69, 9.17) is 16.4 Å². The van der Waals surface area contributed by atoms with Gasteiger partial charge in [-0.3, -0.25) is 14.3 Å². The summed E-state index contributed by atoms with van der Waals surface area (Å²) < 4.78 is 1.72. The Bertz CT molecular complexity index is 1000. The van der Waals surface area contributed by atoms with E-state index in [1.165, 1.54) is 7.11 Å². The lowest BCUT2D eigenvalue weighted by atomic mass is 10.1. The third kappa shape index (κ3) is 4.24. The number of rotatable bonds is 6. The average Bonchev–Trinajstić information content (AvgIpc) is 3.00. The van der Waals surface area contributed by atoms with E-state index in [0.717, 1.165) is 16.4 Å². The van der Waals surface area contributed by atoms with Crippen LogP contribution >= 0.6 is 11.6 Å². The number of hydrogen-bond acceptors (Lipinski definition) is 6. The van der Waals surface area contributed by atoms with Crippen molar-refractivity contribution in [2.75, 3.05) is 24.8 Å². The van der Waals surface area contributed by atoms with Gasteiger partial charge in [-0.15, -0.1) is 0 Å². The summed E-state index contributed by atoms with van der Waals surface area (Å²) >= 11 is 6.32. The Morgan fingerprint density at radius 3 is 2.64 bits per heavy atom. The second kappa shape index (κ2) is 8.28. The van der Waals surface area contributed by atoms with Crippen LogP contribution in [0.3, 0.4) is 0 Å². The van der Waals surface area contributed by atoms with E-state index in [-0.39, 0.29) is 5.91 Å². The summed E-state index contributed by atoms with van der Waals surface area (Å²) in [6.07, 6.45) is 3.41. The Kier molecular flexibility index (Phi) is 5.81. The molecule has 0 aliphatic rings. The predicted molar refractivity (Wildman–Crippen MR) is 109 cm³/mol. The summed E-state index contributed by atoms with van der Waals surface area (Å²) in [4.78, 5) is 21.8. The molecule has 0 saturated heterocycles. The van der Waals surface area contributed by atoms with Crippen molar-refractivity contribution in [2.45, 2.75) is 6.92 Å². The molecule has 1 amide bonds. The number of pyridine rings is 1. The van der Waals surface area contributed by atoms with E-state index in [1.807, 2.05) is 26.2 Å². The number of carbonyl (C=O) groups is 1. The second-order valence-electron chi connectivity index (χ2n) is 6.13. The molecule has 0 fully saturated rings. The zero-order valence-corrected chi connectivity index (χ0v) is 16.8. The molecule has 0 aliphatic heterocycles. The molecule has 2 aromatic heterocycles. The molecule has 3 rings (SSSR count). The number of aromatic nitrogens is 3. The predicted octanol–water partition coefficient (Wildman–Crippen LogP) is 3.90. The highest BCUT2D eigenvalue weighted by molar-refractivity contribution is 6.33.